The second-order valence-corrected chi connectivity index (χ2v) is 1.69. The molecule has 0 fully saturated rings. The Labute approximate surface area is 46.5 Å². The molecule has 0 saturated carbocycles. The lowest BCUT2D eigenvalue weighted by atomic mass is 10.6. The summed E-state index contributed by atoms with van der Waals surface area (Å²) in [6.07, 6.45) is 0. The van der Waals surface area contributed by atoms with Crippen LogP contribution in [0.4, 0.5) is 0 Å². The van der Waals surface area contributed by atoms with Crippen molar-refractivity contribution in [1.82, 2.24) is 15.4 Å². The minimum atomic E-state index is 0.736. The molecule has 0 spiro atoms. The molecule has 0 aliphatic carbocycles. The first-order valence-electron chi connectivity index (χ1n) is 1.87. The van der Waals surface area contributed by atoms with E-state index in [1.807, 2.05) is 6.92 Å². The van der Waals surface area contributed by atoms with Gasteiger partial charge in [-0.3, -0.25) is 5.10 Å². The first kappa shape index (κ1) is 4.64. The minimum Gasteiger partial charge on any atom is -0.252 e. The van der Waals surface area contributed by atoms with Gasteiger partial charge in [-0.2, -0.15) is 0 Å². The zero-order valence-electron chi connectivity index (χ0n) is 3.84. The van der Waals surface area contributed by atoms with Gasteiger partial charge in [-0.15, -0.1) is 17.7 Å². The van der Waals surface area contributed by atoms with Crippen LogP contribution < -0.4 is 0 Å². The molecule has 0 atom stereocenters. The van der Waals surface area contributed by atoms with Crippen molar-refractivity contribution >= 4 is 12.6 Å². The normalized spacial score (nSPS) is 9.43. The molecule has 0 amide bonds. The molecule has 4 heteroatoms. The highest BCUT2D eigenvalue weighted by Gasteiger charge is 1.90. The Morgan fingerprint density at radius 2 is 2.43 bits per heavy atom. The van der Waals surface area contributed by atoms with Gasteiger partial charge >= 0.3 is 0 Å². The number of hydrogen-bond donors (Lipinski definition) is 2. The predicted octanol–water partition coefficient (Wildman–Crippen LogP) is 0.402. The molecular weight excluding hydrogens is 110 g/mol. The fourth-order valence-corrected chi connectivity index (χ4v) is 0.365. The maximum absolute atomic E-state index is 3.97. The van der Waals surface area contributed by atoms with Crippen molar-refractivity contribution in [3.63, 3.8) is 0 Å². The van der Waals surface area contributed by atoms with Gasteiger partial charge in [0.05, 0.1) is 5.69 Å². The summed E-state index contributed by atoms with van der Waals surface area (Å²) in [5, 5.41) is 10.4. The molecule has 0 aromatic carbocycles. The number of aromatic amines is 1. The first-order chi connectivity index (χ1) is 3.30. The van der Waals surface area contributed by atoms with Gasteiger partial charge < -0.3 is 0 Å². The third-order valence-electron chi connectivity index (χ3n) is 0.699. The second kappa shape index (κ2) is 1.54. The van der Waals surface area contributed by atoms with Crippen molar-refractivity contribution in [2.24, 2.45) is 0 Å². The van der Waals surface area contributed by atoms with Gasteiger partial charge in [0.1, 0.15) is 5.03 Å². The molecule has 1 heterocycles. The van der Waals surface area contributed by atoms with E-state index in [1.54, 1.807) is 0 Å². The maximum Gasteiger partial charge on any atom is 0.111 e. The van der Waals surface area contributed by atoms with Crippen LogP contribution in [0.1, 0.15) is 5.69 Å². The third kappa shape index (κ3) is 0.742. The van der Waals surface area contributed by atoms with E-state index in [9.17, 15) is 0 Å². The van der Waals surface area contributed by atoms with Crippen molar-refractivity contribution in [2.75, 3.05) is 0 Å². The van der Waals surface area contributed by atoms with E-state index in [-0.39, 0.29) is 0 Å². The van der Waals surface area contributed by atoms with Crippen molar-refractivity contribution in [1.29, 1.82) is 0 Å². The maximum atomic E-state index is 3.97. The molecule has 0 bridgehead atoms. The number of nitrogens with one attached hydrogen (secondary N) is 1. The van der Waals surface area contributed by atoms with Crippen LogP contribution in [0, 0.1) is 6.92 Å². The standard InChI is InChI=1S/C3H5N3S/c1-2-3(7)5-6-4-2/h1H3,(H2,4,5,6,7). The van der Waals surface area contributed by atoms with Gasteiger partial charge in [0.2, 0.25) is 0 Å². The largest absolute Gasteiger partial charge is 0.252 e. The van der Waals surface area contributed by atoms with Gasteiger partial charge in [-0.05, 0) is 6.92 Å². The Morgan fingerprint density at radius 1 is 1.71 bits per heavy atom. The summed E-state index contributed by atoms with van der Waals surface area (Å²) < 4.78 is 0. The van der Waals surface area contributed by atoms with E-state index in [0.717, 1.165) is 10.7 Å². The van der Waals surface area contributed by atoms with Gasteiger partial charge in [-0.1, -0.05) is 5.21 Å². The summed E-state index contributed by atoms with van der Waals surface area (Å²) in [7, 11) is 0. The van der Waals surface area contributed by atoms with E-state index < -0.39 is 0 Å². The molecule has 1 N–H and O–H groups in total. The number of H-pyrrole nitrogens is 1. The zero-order chi connectivity index (χ0) is 5.28. The Morgan fingerprint density at radius 3 is 2.57 bits per heavy atom. The summed E-state index contributed by atoms with van der Waals surface area (Å²) in [6.45, 7) is 1.84. The molecule has 1 aromatic heterocycles. The van der Waals surface area contributed by atoms with Gasteiger partial charge in [-0.25, -0.2) is 0 Å². The van der Waals surface area contributed by atoms with E-state index >= 15 is 0 Å². The molecule has 38 valence electrons. The van der Waals surface area contributed by atoms with Gasteiger partial charge in [0, 0.05) is 0 Å². The first-order valence-corrected chi connectivity index (χ1v) is 2.32. The highest BCUT2D eigenvalue weighted by Crippen LogP contribution is 2.00. The number of aromatic nitrogens is 3. The van der Waals surface area contributed by atoms with Crippen LogP contribution >= 0.6 is 12.6 Å². The van der Waals surface area contributed by atoms with Crippen LogP contribution in [-0.4, -0.2) is 15.4 Å². The summed E-state index contributed by atoms with van der Waals surface area (Å²) in [5.41, 5.74) is 0.836. The number of nitrogens with zero attached hydrogens (tertiary/aromatic N) is 2. The molecule has 0 unspecified atom stereocenters. The molecule has 0 aliphatic rings. The average Bonchev–Trinajstić information content (AvgIpc) is 1.91. The van der Waals surface area contributed by atoms with Crippen LogP contribution in [0.15, 0.2) is 5.03 Å². The fraction of sp³-hybridized carbons (Fsp3) is 0.333. The van der Waals surface area contributed by atoms with Crippen LogP contribution in [0.2, 0.25) is 0 Å². The quantitative estimate of drug-likeness (QED) is 0.480. The number of thiol groups is 1. The highest BCUT2D eigenvalue weighted by molar-refractivity contribution is 7.80. The van der Waals surface area contributed by atoms with Gasteiger partial charge in [0.25, 0.3) is 0 Å². The van der Waals surface area contributed by atoms with Crippen molar-refractivity contribution in [3.05, 3.63) is 5.69 Å². The minimum absolute atomic E-state index is 0.736. The summed E-state index contributed by atoms with van der Waals surface area (Å²) in [6, 6.07) is 0. The summed E-state index contributed by atoms with van der Waals surface area (Å²) >= 11 is 3.97. The number of rotatable bonds is 0. The number of aryl methyl sites for hydroxylation is 1. The lowest BCUT2D eigenvalue weighted by molar-refractivity contribution is 0.909. The Balaban J connectivity index is 3.12. The topological polar surface area (TPSA) is 41.6 Å². The van der Waals surface area contributed by atoms with Crippen molar-refractivity contribution < 1.29 is 0 Å². The van der Waals surface area contributed by atoms with Crippen LogP contribution in [-0.2, 0) is 0 Å². The highest BCUT2D eigenvalue weighted by atomic mass is 32.1. The zero-order valence-corrected chi connectivity index (χ0v) is 4.74. The van der Waals surface area contributed by atoms with Gasteiger partial charge in [0.15, 0.2) is 0 Å². The second-order valence-electron chi connectivity index (χ2n) is 1.25. The van der Waals surface area contributed by atoms with E-state index in [0.29, 0.717) is 0 Å². The molecule has 7 heavy (non-hydrogen) atoms. The van der Waals surface area contributed by atoms with Crippen molar-refractivity contribution in [3.8, 4) is 0 Å². The van der Waals surface area contributed by atoms with E-state index in [4.69, 9.17) is 0 Å². The molecule has 0 radical (unpaired) electrons. The predicted molar refractivity (Wildman–Crippen MR) is 28.4 cm³/mol. The third-order valence-corrected chi connectivity index (χ3v) is 1.12. The SMILES string of the molecule is Cc1nn[nH]c1S. The van der Waals surface area contributed by atoms with Crippen LogP contribution in [0.3, 0.4) is 0 Å². The molecule has 1 aromatic rings. The summed E-state index contributed by atoms with van der Waals surface area (Å²) in [4.78, 5) is 0. The van der Waals surface area contributed by atoms with E-state index in [2.05, 4.69) is 28.0 Å². The Bertz CT molecular complexity index is 142. The number of hydrogen-bond acceptors (Lipinski definition) is 3. The lowest BCUT2D eigenvalue weighted by Gasteiger charge is -1.74. The molecule has 1 rings (SSSR count). The van der Waals surface area contributed by atoms with Crippen molar-refractivity contribution in [2.45, 2.75) is 11.9 Å². The Hall–Kier alpha value is -0.510. The monoisotopic (exact) mass is 115 g/mol. The van der Waals surface area contributed by atoms with E-state index in [1.165, 1.54) is 0 Å². The smallest absolute Gasteiger partial charge is 0.111 e. The van der Waals surface area contributed by atoms with Crippen LogP contribution in [0.25, 0.3) is 0 Å². The molecule has 3 nitrogen and oxygen atoms in total. The lowest BCUT2D eigenvalue weighted by Crippen LogP contribution is -1.67. The molecular formula is C3H5N3S. The van der Waals surface area contributed by atoms with Crippen LogP contribution in [0.5, 0.6) is 0 Å². The fourth-order valence-electron chi connectivity index (χ4n) is 0.276. The Kier molecular flexibility index (Phi) is 1.02. The summed E-state index contributed by atoms with van der Waals surface area (Å²) in [5.74, 6) is 0. The molecule has 0 saturated heterocycles. The molecule has 0 aliphatic heterocycles. The average molecular weight is 115 g/mol.